The summed E-state index contributed by atoms with van der Waals surface area (Å²) >= 11 is 0. The van der Waals surface area contributed by atoms with Crippen molar-refractivity contribution in [2.75, 3.05) is 0 Å². The van der Waals surface area contributed by atoms with Crippen LogP contribution in [0.3, 0.4) is 0 Å². The number of hydrogen-bond acceptors (Lipinski definition) is 2. The normalized spacial score (nSPS) is 12.3. The second kappa shape index (κ2) is 19.9. The molecule has 0 amide bonds. The van der Waals surface area contributed by atoms with Crippen LogP contribution in [0.2, 0.25) is 0 Å². The molecule has 0 aliphatic heterocycles. The van der Waals surface area contributed by atoms with Crippen LogP contribution in [0.25, 0.3) is 0 Å². The van der Waals surface area contributed by atoms with Gasteiger partial charge in [-0.1, -0.05) is 77.4 Å². The van der Waals surface area contributed by atoms with E-state index in [1.165, 1.54) is 64.2 Å². The summed E-state index contributed by atoms with van der Waals surface area (Å²) in [6.07, 6.45) is 20.6. The molecule has 124 valence electrons. The van der Waals surface area contributed by atoms with Crippen molar-refractivity contribution in [3.8, 4) is 0 Å². The molecule has 0 aliphatic carbocycles. The van der Waals surface area contributed by atoms with Gasteiger partial charge in [0.2, 0.25) is 0 Å². The topological polar surface area (TPSA) is 40.1 Å². The van der Waals surface area contributed by atoms with Crippen LogP contribution in [-0.4, -0.2) is 5.97 Å². The van der Waals surface area contributed by atoms with Crippen LogP contribution >= 0.6 is 0 Å². The van der Waals surface area contributed by atoms with Crippen LogP contribution in [-0.2, 0) is 4.79 Å². The van der Waals surface area contributed by atoms with Gasteiger partial charge in [-0.3, -0.25) is 0 Å². The van der Waals surface area contributed by atoms with Crippen molar-refractivity contribution in [3.63, 3.8) is 0 Å². The van der Waals surface area contributed by atoms with Gasteiger partial charge in [-0.25, -0.2) is 0 Å². The van der Waals surface area contributed by atoms with E-state index in [9.17, 15) is 9.90 Å². The summed E-state index contributed by atoms with van der Waals surface area (Å²) in [5.41, 5.74) is 0. The third-order valence-electron chi connectivity index (χ3n) is 4.05. The Bertz CT molecular complexity index is 264. The quantitative estimate of drug-likeness (QED) is 0.261. The van der Waals surface area contributed by atoms with E-state index in [-0.39, 0.29) is 57.3 Å². The minimum atomic E-state index is -0.910. The van der Waals surface area contributed by atoms with Crippen LogP contribution in [0.15, 0.2) is 12.2 Å². The van der Waals surface area contributed by atoms with Crippen LogP contribution in [0, 0.1) is 5.92 Å². The van der Waals surface area contributed by atoms with Crippen molar-refractivity contribution in [1.29, 1.82) is 0 Å². The maximum atomic E-state index is 10.5. The maximum Gasteiger partial charge on any atom is 1.00 e. The summed E-state index contributed by atoms with van der Waals surface area (Å²) in [5, 5.41) is 10.5. The van der Waals surface area contributed by atoms with E-state index in [0.29, 0.717) is 0 Å². The number of aliphatic carboxylic acids is 1. The summed E-state index contributed by atoms with van der Waals surface area (Å²) in [6.45, 7) is 3.99. The van der Waals surface area contributed by atoms with E-state index >= 15 is 0 Å². The van der Waals surface area contributed by atoms with Gasteiger partial charge in [0.05, 0.1) is 0 Å². The van der Waals surface area contributed by atoms with Gasteiger partial charge in [-0.05, 0) is 38.0 Å². The van der Waals surface area contributed by atoms with E-state index in [2.05, 4.69) is 19.1 Å². The maximum absolute atomic E-state index is 10.5. The SMILES string of the molecule is CCCCCCCC/C=C\CCCCCCC(C)C(=O)[O-].[K+]. The molecule has 0 heterocycles. The Morgan fingerprint density at radius 3 is 1.82 bits per heavy atom. The van der Waals surface area contributed by atoms with Crippen LogP contribution in [0.4, 0.5) is 0 Å². The molecular weight excluding hydrogens is 299 g/mol. The fourth-order valence-corrected chi connectivity index (χ4v) is 2.46. The fraction of sp³-hybridized carbons (Fsp3) is 0.842. The van der Waals surface area contributed by atoms with Gasteiger partial charge in [0.15, 0.2) is 0 Å². The van der Waals surface area contributed by atoms with E-state index in [1.54, 1.807) is 6.92 Å². The Balaban J connectivity index is 0. The molecule has 0 bridgehead atoms. The number of rotatable bonds is 15. The molecule has 0 aliphatic rings. The molecule has 2 nitrogen and oxygen atoms in total. The minimum Gasteiger partial charge on any atom is -0.550 e. The number of carbonyl (C=O) groups excluding carboxylic acids is 1. The Morgan fingerprint density at radius 1 is 0.864 bits per heavy atom. The third-order valence-corrected chi connectivity index (χ3v) is 4.05. The van der Waals surface area contributed by atoms with Gasteiger partial charge in [0.1, 0.15) is 0 Å². The Hall–Kier alpha value is 0.846. The van der Waals surface area contributed by atoms with Crippen molar-refractivity contribution in [2.45, 2.75) is 97.3 Å². The molecule has 0 aromatic rings. The zero-order chi connectivity index (χ0) is 15.8. The number of carboxylic acid groups (broad SMARTS) is 1. The number of hydrogen-bond donors (Lipinski definition) is 0. The van der Waals surface area contributed by atoms with Gasteiger partial charge >= 0.3 is 51.4 Å². The van der Waals surface area contributed by atoms with Gasteiger partial charge < -0.3 is 9.90 Å². The largest absolute Gasteiger partial charge is 1.00 e. The molecule has 0 spiro atoms. The van der Waals surface area contributed by atoms with Crippen LogP contribution in [0.5, 0.6) is 0 Å². The van der Waals surface area contributed by atoms with Crippen molar-refractivity contribution >= 4 is 5.97 Å². The molecular formula is C19H35KO2. The Kier molecular flexibility index (Phi) is 22.7. The zero-order valence-corrected chi connectivity index (χ0v) is 18.4. The predicted molar refractivity (Wildman–Crippen MR) is 89.0 cm³/mol. The molecule has 0 aromatic heterocycles. The standard InChI is InChI=1S/C19H36O2.K/c1-3-4-5-6-7-8-9-10-11-12-13-14-15-16-17-18(2)19(20)21;/h10-11,18H,3-9,12-17H2,1-2H3,(H,20,21);/q;+1/p-1/b11-10-;. The number of unbranched alkanes of at least 4 members (excludes halogenated alkanes) is 10. The molecule has 3 heteroatoms. The van der Waals surface area contributed by atoms with E-state index in [1.807, 2.05) is 0 Å². The van der Waals surface area contributed by atoms with Crippen molar-refractivity contribution < 1.29 is 61.3 Å². The molecule has 0 radical (unpaired) electrons. The first-order chi connectivity index (χ1) is 10.2. The molecule has 0 aromatic carbocycles. The van der Waals surface area contributed by atoms with Gasteiger partial charge in [-0.2, -0.15) is 0 Å². The summed E-state index contributed by atoms with van der Waals surface area (Å²) < 4.78 is 0. The molecule has 22 heavy (non-hydrogen) atoms. The first kappa shape index (κ1) is 25.1. The summed E-state index contributed by atoms with van der Waals surface area (Å²) in [4.78, 5) is 10.5. The molecule has 1 unspecified atom stereocenters. The molecule has 0 saturated heterocycles. The second-order valence-electron chi connectivity index (χ2n) is 6.24. The number of allylic oxidation sites excluding steroid dienone is 2. The van der Waals surface area contributed by atoms with E-state index in [0.717, 1.165) is 19.3 Å². The fourth-order valence-electron chi connectivity index (χ4n) is 2.46. The number of carbonyl (C=O) groups is 1. The second-order valence-corrected chi connectivity index (χ2v) is 6.24. The first-order valence-electron chi connectivity index (χ1n) is 9.04. The summed E-state index contributed by atoms with van der Waals surface area (Å²) in [5.74, 6) is -1.20. The molecule has 0 rings (SSSR count). The Labute approximate surface area is 180 Å². The van der Waals surface area contributed by atoms with Gasteiger partial charge in [-0.15, -0.1) is 0 Å². The van der Waals surface area contributed by atoms with E-state index in [4.69, 9.17) is 0 Å². The zero-order valence-electron chi connectivity index (χ0n) is 15.2. The summed E-state index contributed by atoms with van der Waals surface area (Å²) in [7, 11) is 0. The van der Waals surface area contributed by atoms with Crippen molar-refractivity contribution in [2.24, 2.45) is 5.92 Å². The number of carboxylic acids is 1. The average molecular weight is 335 g/mol. The molecule has 1 atom stereocenters. The minimum absolute atomic E-state index is 0. The van der Waals surface area contributed by atoms with Crippen LogP contribution < -0.4 is 56.5 Å². The average Bonchev–Trinajstić information content (AvgIpc) is 2.47. The van der Waals surface area contributed by atoms with Crippen LogP contribution in [0.1, 0.15) is 97.3 Å². The van der Waals surface area contributed by atoms with Crippen molar-refractivity contribution in [1.82, 2.24) is 0 Å². The first-order valence-corrected chi connectivity index (χ1v) is 9.04. The monoisotopic (exact) mass is 334 g/mol. The molecule has 0 N–H and O–H groups in total. The molecule has 0 saturated carbocycles. The van der Waals surface area contributed by atoms with E-state index < -0.39 is 5.97 Å². The Morgan fingerprint density at radius 2 is 1.32 bits per heavy atom. The summed E-state index contributed by atoms with van der Waals surface area (Å²) in [6, 6.07) is 0. The predicted octanol–water partition coefficient (Wildman–Crippen LogP) is 2.02. The van der Waals surface area contributed by atoms with Gasteiger partial charge in [0, 0.05) is 5.97 Å². The van der Waals surface area contributed by atoms with Gasteiger partial charge in [0.25, 0.3) is 0 Å². The smallest absolute Gasteiger partial charge is 0.550 e. The van der Waals surface area contributed by atoms with Crippen molar-refractivity contribution in [3.05, 3.63) is 12.2 Å². The molecule has 0 fully saturated rings. The third kappa shape index (κ3) is 18.9.